The summed E-state index contributed by atoms with van der Waals surface area (Å²) in [5.41, 5.74) is 0.694. The molecular formula is C14H26O. The molecule has 0 atom stereocenters. The molecule has 88 valence electrons. The van der Waals surface area contributed by atoms with Gasteiger partial charge in [0.1, 0.15) is 0 Å². The molecule has 15 heavy (non-hydrogen) atoms. The third-order valence-electron chi connectivity index (χ3n) is 4.60. The normalized spacial score (nSPS) is 40.2. The van der Waals surface area contributed by atoms with Crippen LogP contribution < -0.4 is 0 Å². The Morgan fingerprint density at radius 1 is 1.13 bits per heavy atom. The van der Waals surface area contributed by atoms with Gasteiger partial charge in [0.2, 0.25) is 0 Å². The Hall–Kier alpha value is -0.0400. The van der Waals surface area contributed by atoms with Crippen LogP contribution in [0.15, 0.2) is 0 Å². The van der Waals surface area contributed by atoms with Gasteiger partial charge in [0.05, 0.1) is 12.2 Å². The van der Waals surface area contributed by atoms with Gasteiger partial charge in [-0.1, -0.05) is 13.8 Å². The molecule has 0 bridgehead atoms. The zero-order valence-corrected chi connectivity index (χ0v) is 10.8. The molecule has 2 aliphatic rings. The summed E-state index contributed by atoms with van der Waals surface area (Å²) in [6, 6.07) is 0. The van der Waals surface area contributed by atoms with Crippen LogP contribution in [0, 0.1) is 17.3 Å². The van der Waals surface area contributed by atoms with Crippen molar-refractivity contribution in [1.82, 2.24) is 0 Å². The number of ether oxygens (including phenoxy) is 1. The summed E-state index contributed by atoms with van der Waals surface area (Å²) < 4.78 is 5.93. The van der Waals surface area contributed by atoms with E-state index in [-0.39, 0.29) is 5.60 Å². The largest absolute Gasteiger partial charge is 0.375 e. The van der Waals surface area contributed by atoms with E-state index in [2.05, 4.69) is 27.7 Å². The van der Waals surface area contributed by atoms with Crippen LogP contribution in [-0.2, 0) is 4.74 Å². The lowest BCUT2D eigenvalue weighted by Gasteiger charge is -2.38. The van der Waals surface area contributed by atoms with Crippen molar-refractivity contribution < 1.29 is 4.74 Å². The van der Waals surface area contributed by atoms with Crippen molar-refractivity contribution in [2.24, 2.45) is 17.3 Å². The monoisotopic (exact) mass is 210 g/mol. The van der Waals surface area contributed by atoms with E-state index in [0.717, 1.165) is 18.4 Å². The van der Waals surface area contributed by atoms with Gasteiger partial charge in [-0.05, 0) is 63.2 Å². The van der Waals surface area contributed by atoms with Gasteiger partial charge < -0.3 is 4.74 Å². The van der Waals surface area contributed by atoms with E-state index in [9.17, 15) is 0 Å². The van der Waals surface area contributed by atoms with Gasteiger partial charge in [-0.25, -0.2) is 0 Å². The third-order valence-corrected chi connectivity index (χ3v) is 4.60. The van der Waals surface area contributed by atoms with Crippen molar-refractivity contribution in [3.05, 3.63) is 0 Å². The Balaban J connectivity index is 1.93. The van der Waals surface area contributed by atoms with Crippen molar-refractivity contribution in [1.29, 1.82) is 0 Å². The summed E-state index contributed by atoms with van der Waals surface area (Å²) in [6.45, 7) is 10.3. The minimum Gasteiger partial charge on any atom is -0.375 e. The van der Waals surface area contributed by atoms with Gasteiger partial charge in [-0.2, -0.15) is 0 Å². The van der Waals surface area contributed by atoms with Crippen LogP contribution in [0.25, 0.3) is 0 Å². The molecule has 0 N–H and O–H groups in total. The van der Waals surface area contributed by atoms with Crippen LogP contribution in [-0.4, -0.2) is 12.2 Å². The SMILES string of the molecule is CC(C)[C@H]1CC[C@]2(CC1)COC(C)(C)C2. The molecule has 0 unspecified atom stereocenters. The van der Waals surface area contributed by atoms with Gasteiger partial charge in [-0.3, -0.25) is 0 Å². The summed E-state index contributed by atoms with van der Waals surface area (Å²) in [5.74, 6) is 1.84. The molecule has 0 aromatic rings. The zero-order chi connectivity index (χ0) is 11.1. The van der Waals surface area contributed by atoms with Gasteiger partial charge in [0, 0.05) is 0 Å². The van der Waals surface area contributed by atoms with Crippen molar-refractivity contribution in [2.75, 3.05) is 6.61 Å². The van der Waals surface area contributed by atoms with Crippen molar-refractivity contribution >= 4 is 0 Å². The van der Waals surface area contributed by atoms with Crippen molar-refractivity contribution in [3.63, 3.8) is 0 Å². The van der Waals surface area contributed by atoms with Gasteiger partial charge >= 0.3 is 0 Å². The molecule has 1 heteroatoms. The zero-order valence-electron chi connectivity index (χ0n) is 10.8. The first-order valence-corrected chi connectivity index (χ1v) is 6.57. The molecule has 0 aromatic carbocycles. The molecule has 1 aliphatic carbocycles. The van der Waals surface area contributed by atoms with Gasteiger partial charge in [-0.15, -0.1) is 0 Å². The van der Waals surface area contributed by atoms with Gasteiger partial charge in [0.25, 0.3) is 0 Å². The molecule has 1 nitrogen and oxygen atoms in total. The van der Waals surface area contributed by atoms with E-state index in [0.29, 0.717) is 5.41 Å². The predicted molar refractivity (Wildman–Crippen MR) is 63.9 cm³/mol. The number of hydrogen-bond donors (Lipinski definition) is 0. The average molecular weight is 210 g/mol. The van der Waals surface area contributed by atoms with E-state index >= 15 is 0 Å². The Bertz CT molecular complexity index is 221. The summed E-state index contributed by atoms with van der Waals surface area (Å²) >= 11 is 0. The smallest absolute Gasteiger partial charge is 0.0632 e. The molecular weight excluding hydrogens is 184 g/mol. The van der Waals surface area contributed by atoms with E-state index in [4.69, 9.17) is 4.74 Å². The van der Waals surface area contributed by atoms with Crippen LogP contribution in [0.2, 0.25) is 0 Å². The fourth-order valence-electron chi connectivity index (χ4n) is 3.59. The molecule has 1 saturated carbocycles. The van der Waals surface area contributed by atoms with Crippen LogP contribution in [0.3, 0.4) is 0 Å². The Morgan fingerprint density at radius 3 is 2.13 bits per heavy atom. The van der Waals surface area contributed by atoms with E-state index in [1.165, 1.54) is 32.1 Å². The summed E-state index contributed by atoms with van der Waals surface area (Å²) in [6.07, 6.45) is 6.94. The predicted octanol–water partition coefficient (Wildman–Crippen LogP) is 4.02. The maximum absolute atomic E-state index is 5.93. The van der Waals surface area contributed by atoms with Crippen molar-refractivity contribution in [3.8, 4) is 0 Å². The lowest BCUT2D eigenvalue weighted by molar-refractivity contribution is 0.0260. The number of hydrogen-bond acceptors (Lipinski definition) is 1. The minimum atomic E-state index is 0.144. The Kier molecular flexibility index (Phi) is 2.87. The van der Waals surface area contributed by atoms with E-state index < -0.39 is 0 Å². The second kappa shape index (κ2) is 3.76. The number of rotatable bonds is 1. The lowest BCUT2D eigenvalue weighted by Crippen LogP contribution is -2.30. The highest BCUT2D eigenvalue weighted by Gasteiger charge is 2.46. The first-order valence-electron chi connectivity index (χ1n) is 6.57. The Morgan fingerprint density at radius 2 is 1.73 bits per heavy atom. The molecule has 2 fully saturated rings. The lowest BCUT2D eigenvalue weighted by atomic mass is 9.66. The summed E-state index contributed by atoms with van der Waals surface area (Å²) in [7, 11) is 0. The summed E-state index contributed by atoms with van der Waals surface area (Å²) in [5, 5.41) is 0. The van der Waals surface area contributed by atoms with E-state index in [1.807, 2.05) is 0 Å². The van der Waals surface area contributed by atoms with E-state index in [1.54, 1.807) is 0 Å². The average Bonchev–Trinajstić information content (AvgIpc) is 2.43. The highest BCUT2D eigenvalue weighted by Crippen LogP contribution is 2.50. The second-order valence-electron chi connectivity index (χ2n) is 6.81. The fourth-order valence-corrected chi connectivity index (χ4v) is 3.59. The maximum atomic E-state index is 5.93. The summed E-state index contributed by atoms with van der Waals surface area (Å²) in [4.78, 5) is 0. The highest BCUT2D eigenvalue weighted by atomic mass is 16.5. The maximum Gasteiger partial charge on any atom is 0.0632 e. The molecule has 2 rings (SSSR count). The van der Waals surface area contributed by atoms with Crippen molar-refractivity contribution in [2.45, 2.75) is 65.4 Å². The van der Waals surface area contributed by atoms with Crippen LogP contribution in [0.4, 0.5) is 0 Å². The molecule has 1 heterocycles. The van der Waals surface area contributed by atoms with Crippen LogP contribution in [0.1, 0.15) is 59.8 Å². The van der Waals surface area contributed by atoms with Crippen LogP contribution in [0.5, 0.6) is 0 Å². The quantitative estimate of drug-likeness (QED) is 0.635. The van der Waals surface area contributed by atoms with Crippen LogP contribution >= 0.6 is 0 Å². The topological polar surface area (TPSA) is 9.23 Å². The minimum absolute atomic E-state index is 0.144. The van der Waals surface area contributed by atoms with Gasteiger partial charge in [0.15, 0.2) is 0 Å². The first kappa shape index (κ1) is 11.4. The molecule has 0 radical (unpaired) electrons. The molecule has 1 saturated heterocycles. The standard InChI is InChI=1S/C14H26O/c1-11(2)12-5-7-14(8-6-12)9-13(3,4)15-10-14/h11-12H,5-10H2,1-4H3/t12-,14+. The molecule has 1 aliphatic heterocycles. The molecule has 0 amide bonds. The molecule has 1 spiro atoms. The Labute approximate surface area is 94.6 Å². The highest BCUT2D eigenvalue weighted by molar-refractivity contribution is 4.95. The first-order chi connectivity index (χ1) is 6.93. The fraction of sp³-hybridized carbons (Fsp3) is 1.00. The third kappa shape index (κ3) is 2.38. The second-order valence-corrected chi connectivity index (χ2v) is 6.81. The molecule has 0 aromatic heterocycles.